The molecule has 1 amide bonds. The maximum Gasteiger partial charge on any atom is 0.216 e. The van der Waals surface area contributed by atoms with Crippen molar-refractivity contribution in [1.29, 1.82) is 0 Å². The Labute approximate surface area is 281 Å². The van der Waals surface area contributed by atoms with Gasteiger partial charge in [0.25, 0.3) is 0 Å². The van der Waals surface area contributed by atoms with Crippen LogP contribution in [0.15, 0.2) is 12.2 Å². The number of hydrogen-bond donors (Lipinski definition) is 1. The van der Waals surface area contributed by atoms with E-state index in [2.05, 4.69) is 5.32 Å². The summed E-state index contributed by atoms with van der Waals surface area (Å²) in [5.74, 6) is 0.00132. The summed E-state index contributed by atoms with van der Waals surface area (Å²) in [6.45, 7) is 15.4. The number of carbonyl (C=O) groups excluding carboxylic acids is 2. The molecule has 0 bridgehead atoms. The molecule has 0 fully saturated rings. The minimum absolute atomic E-state index is 0.0642. The van der Waals surface area contributed by atoms with Crippen molar-refractivity contribution < 1.29 is 66.4 Å². The smallest absolute Gasteiger partial charge is 0.216 e. The molecule has 0 aliphatic rings. The summed E-state index contributed by atoms with van der Waals surface area (Å²) < 4.78 is 65.1. The molecule has 0 aliphatic heterocycles. The lowest BCUT2D eigenvalue weighted by atomic mass is 10.3. The quantitative estimate of drug-likeness (QED) is 0.0716. The topological polar surface area (TPSA) is 157 Å². The van der Waals surface area contributed by atoms with Gasteiger partial charge in [-0.3, -0.25) is 9.59 Å². The van der Waals surface area contributed by atoms with Crippen LogP contribution in [0.1, 0.15) is 20.3 Å². The Morgan fingerprint density at radius 1 is 0.404 bits per heavy atom. The van der Waals surface area contributed by atoms with Crippen LogP contribution in [0.2, 0.25) is 0 Å². The summed E-state index contributed by atoms with van der Waals surface area (Å²) in [6.07, 6.45) is 3.66. The van der Waals surface area contributed by atoms with Crippen LogP contribution in [0.5, 0.6) is 0 Å². The summed E-state index contributed by atoms with van der Waals surface area (Å²) in [4.78, 5) is 22.0. The van der Waals surface area contributed by atoms with Crippen molar-refractivity contribution in [3.63, 3.8) is 0 Å². The van der Waals surface area contributed by atoms with Crippen LogP contribution in [0.3, 0.4) is 0 Å². The monoisotopic (exact) mass is 683 g/mol. The standard InChI is InChI=1S/C32H61NO14/c1-3-4-32(35)5-7-36-9-11-38-13-15-40-17-19-42-21-23-44-25-27-46-29-30-47-28-26-45-24-22-43-20-18-41-16-14-39-12-10-37-8-6-33-31(2)34/h3-4H,5-30H2,1-2H3,(H,33,34)/b4-3-. The van der Waals surface area contributed by atoms with Gasteiger partial charge in [-0.25, -0.2) is 0 Å². The van der Waals surface area contributed by atoms with E-state index in [9.17, 15) is 9.59 Å². The fraction of sp³-hybridized carbons (Fsp3) is 0.875. The number of allylic oxidation sites excluding steroid dienone is 2. The van der Waals surface area contributed by atoms with E-state index in [1.807, 2.05) is 6.92 Å². The first-order chi connectivity index (χ1) is 23.2. The first-order valence-corrected chi connectivity index (χ1v) is 16.5. The molecule has 0 unspecified atom stereocenters. The zero-order valence-corrected chi connectivity index (χ0v) is 28.8. The van der Waals surface area contributed by atoms with Crippen molar-refractivity contribution >= 4 is 11.7 Å². The van der Waals surface area contributed by atoms with E-state index >= 15 is 0 Å². The number of carbonyl (C=O) groups is 2. The molecule has 47 heavy (non-hydrogen) atoms. The van der Waals surface area contributed by atoms with Gasteiger partial charge in [0.2, 0.25) is 5.91 Å². The van der Waals surface area contributed by atoms with E-state index in [-0.39, 0.29) is 11.7 Å². The highest BCUT2D eigenvalue weighted by molar-refractivity contribution is 5.89. The van der Waals surface area contributed by atoms with E-state index in [4.69, 9.17) is 56.8 Å². The van der Waals surface area contributed by atoms with E-state index < -0.39 is 0 Å². The number of amides is 1. The van der Waals surface area contributed by atoms with Crippen molar-refractivity contribution in [3.8, 4) is 0 Å². The SMILES string of the molecule is C/C=C\C(=O)CCOCCOCCOCCOCCOCCOCCOCCOCCOCCOCCOCCOCCNC(C)=O. The zero-order chi connectivity index (χ0) is 34.1. The van der Waals surface area contributed by atoms with Gasteiger partial charge in [-0.1, -0.05) is 6.08 Å². The molecule has 0 spiro atoms. The molecule has 0 aromatic heterocycles. The van der Waals surface area contributed by atoms with E-state index in [1.54, 1.807) is 12.2 Å². The van der Waals surface area contributed by atoms with Crippen molar-refractivity contribution in [3.05, 3.63) is 12.2 Å². The predicted octanol–water partition coefficient (Wildman–Crippen LogP) is 0.857. The normalized spacial score (nSPS) is 11.5. The second-order valence-corrected chi connectivity index (χ2v) is 9.55. The third-order valence-electron chi connectivity index (χ3n) is 5.56. The van der Waals surface area contributed by atoms with Gasteiger partial charge >= 0.3 is 0 Å². The van der Waals surface area contributed by atoms with Gasteiger partial charge < -0.3 is 62.2 Å². The summed E-state index contributed by atoms with van der Waals surface area (Å²) in [6, 6.07) is 0. The summed E-state index contributed by atoms with van der Waals surface area (Å²) in [7, 11) is 0. The highest BCUT2D eigenvalue weighted by atomic mass is 16.6. The van der Waals surface area contributed by atoms with E-state index in [1.165, 1.54) is 6.92 Å². The van der Waals surface area contributed by atoms with Crippen LogP contribution >= 0.6 is 0 Å². The molecule has 15 nitrogen and oxygen atoms in total. The van der Waals surface area contributed by atoms with E-state index in [0.29, 0.717) is 172 Å². The second kappa shape index (κ2) is 40.6. The molecule has 0 aromatic rings. The number of hydrogen-bond acceptors (Lipinski definition) is 14. The molecule has 0 heterocycles. The second-order valence-electron chi connectivity index (χ2n) is 9.55. The minimum Gasteiger partial charge on any atom is -0.379 e. The van der Waals surface area contributed by atoms with Crippen LogP contribution in [0.25, 0.3) is 0 Å². The minimum atomic E-state index is -0.0642. The molecule has 1 N–H and O–H groups in total. The Morgan fingerprint density at radius 3 is 0.872 bits per heavy atom. The van der Waals surface area contributed by atoms with Gasteiger partial charge in [0.15, 0.2) is 5.78 Å². The van der Waals surface area contributed by atoms with Gasteiger partial charge in [-0.15, -0.1) is 0 Å². The lowest BCUT2D eigenvalue weighted by Crippen LogP contribution is -2.25. The molecule has 278 valence electrons. The average Bonchev–Trinajstić information content (AvgIpc) is 3.05. The Balaban J connectivity index is 3.07. The maximum atomic E-state index is 11.3. The fourth-order valence-corrected chi connectivity index (χ4v) is 3.26. The van der Waals surface area contributed by atoms with Gasteiger partial charge in [0.05, 0.1) is 159 Å². The molecule has 0 saturated carbocycles. The predicted molar refractivity (Wildman–Crippen MR) is 173 cm³/mol. The molecule has 15 heteroatoms. The lowest BCUT2D eigenvalue weighted by molar-refractivity contribution is -0.119. The largest absolute Gasteiger partial charge is 0.379 e. The molecule has 0 aliphatic carbocycles. The van der Waals surface area contributed by atoms with Gasteiger partial charge in [-0.05, 0) is 13.0 Å². The zero-order valence-electron chi connectivity index (χ0n) is 28.8. The lowest BCUT2D eigenvalue weighted by Gasteiger charge is -2.09. The van der Waals surface area contributed by atoms with Crippen LogP contribution in [0.4, 0.5) is 0 Å². The van der Waals surface area contributed by atoms with Gasteiger partial charge in [-0.2, -0.15) is 0 Å². The molecular formula is C32H61NO14. The Hall–Kier alpha value is -1.60. The summed E-state index contributed by atoms with van der Waals surface area (Å²) >= 11 is 0. The highest BCUT2D eigenvalue weighted by Crippen LogP contribution is 1.90. The molecule has 0 aromatic carbocycles. The molecular weight excluding hydrogens is 622 g/mol. The number of rotatable bonds is 40. The summed E-state index contributed by atoms with van der Waals surface area (Å²) in [5, 5.41) is 2.66. The average molecular weight is 684 g/mol. The first-order valence-electron chi connectivity index (χ1n) is 16.5. The third-order valence-corrected chi connectivity index (χ3v) is 5.56. The van der Waals surface area contributed by atoms with Crippen molar-refractivity contribution in [2.75, 3.05) is 165 Å². The molecule has 0 atom stereocenters. The maximum absolute atomic E-state index is 11.3. The number of ketones is 1. The van der Waals surface area contributed by atoms with Crippen LogP contribution in [-0.2, 0) is 66.4 Å². The van der Waals surface area contributed by atoms with Crippen LogP contribution < -0.4 is 5.32 Å². The molecule has 0 rings (SSSR count). The highest BCUT2D eigenvalue weighted by Gasteiger charge is 1.98. The number of nitrogens with one attached hydrogen (secondary N) is 1. The van der Waals surface area contributed by atoms with Crippen molar-refractivity contribution in [2.24, 2.45) is 0 Å². The van der Waals surface area contributed by atoms with Gasteiger partial charge in [0.1, 0.15) is 0 Å². The Morgan fingerprint density at radius 2 is 0.638 bits per heavy atom. The first kappa shape index (κ1) is 45.4. The van der Waals surface area contributed by atoms with E-state index in [0.717, 1.165) is 0 Å². The molecule has 0 saturated heterocycles. The third kappa shape index (κ3) is 42.4. The van der Waals surface area contributed by atoms with Crippen molar-refractivity contribution in [2.45, 2.75) is 20.3 Å². The van der Waals surface area contributed by atoms with Crippen molar-refractivity contribution in [1.82, 2.24) is 5.32 Å². The van der Waals surface area contributed by atoms with Crippen LogP contribution in [-0.4, -0.2) is 177 Å². The summed E-state index contributed by atoms with van der Waals surface area (Å²) in [5.41, 5.74) is 0. The Bertz CT molecular complexity index is 686. The Kier molecular flexibility index (Phi) is 39.2. The van der Waals surface area contributed by atoms with Crippen LogP contribution in [0, 0.1) is 0 Å². The number of ether oxygens (including phenoxy) is 12. The molecule has 0 radical (unpaired) electrons. The van der Waals surface area contributed by atoms with Gasteiger partial charge in [0, 0.05) is 19.9 Å². The fourth-order valence-electron chi connectivity index (χ4n) is 3.26.